The van der Waals surface area contributed by atoms with E-state index in [9.17, 15) is 14.0 Å². The molecule has 2 saturated carbocycles. The van der Waals surface area contributed by atoms with Gasteiger partial charge in [-0.05, 0) is 48.8 Å². The highest BCUT2D eigenvalue weighted by Crippen LogP contribution is 2.49. The molecule has 2 aliphatic rings. The van der Waals surface area contributed by atoms with E-state index in [0.29, 0.717) is 33.5 Å². The van der Waals surface area contributed by atoms with Gasteiger partial charge in [0.15, 0.2) is 0 Å². The number of nitrogens with one attached hydrogen (secondary N) is 1. The zero-order chi connectivity index (χ0) is 18.3. The molecule has 1 N–H and O–H groups in total. The molecule has 1 aromatic heterocycles. The van der Waals surface area contributed by atoms with Crippen LogP contribution in [0.15, 0.2) is 29.6 Å². The Balaban J connectivity index is 1.62. The summed E-state index contributed by atoms with van der Waals surface area (Å²) in [4.78, 5) is 25.1. The monoisotopic (exact) mass is 373 g/mol. The molecule has 2 bridgehead atoms. The Hall–Kier alpha value is -2.21. The predicted molar refractivity (Wildman–Crippen MR) is 98.6 cm³/mol. The summed E-state index contributed by atoms with van der Waals surface area (Å²) in [5, 5.41) is 5.26. The Morgan fingerprint density at radius 2 is 1.96 bits per heavy atom. The molecule has 1 amide bonds. The van der Waals surface area contributed by atoms with E-state index in [1.807, 2.05) is 0 Å². The molecule has 0 radical (unpaired) electrons. The molecular formula is C20H20FNO3S. The van der Waals surface area contributed by atoms with Gasteiger partial charge in [0, 0.05) is 16.9 Å². The van der Waals surface area contributed by atoms with E-state index in [4.69, 9.17) is 4.74 Å². The number of anilines is 1. The van der Waals surface area contributed by atoms with Crippen molar-refractivity contribution in [1.29, 1.82) is 0 Å². The number of carbonyl (C=O) groups is 2. The van der Waals surface area contributed by atoms with Crippen LogP contribution in [0.25, 0.3) is 11.1 Å². The summed E-state index contributed by atoms with van der Waals surface area (Å²) in [6.07, 6.45) is 4.45. The standard InChI is InChI=1S/C20H20FNO3S/c1-25-20(24)17-16(12-4-6-14(21)7-5-12)10-26-19(17)22-18(23)15-9-11-2-3-13(15)8-11/h4-7,10-11,13,15H,2-3,8-9H2,1H3,(H,22,23). The first-order valence-electron chi connectivity index (χ1n) is 8.83. The summed E-state index contributed by atoms with van der Waals surface area (Å²) in [6.45, 7) is 0. The number of halogens is 1. The summed E-state index contributed by atoms with van der Waals surface area (Å²) in [5.41, 5.74) is 1.69. The van der Waals surface area contributed by atoms with Gasteiger partial charge in [0.05, 0.1) is 7.11 Å². The van der Waals surface area contributed by atoms with Crippen LogP contribution in [0.1, 0.15) is 36.0 Å². The smallest absolute Gasteiger partial charge is 0.341 e. The molecule has 2 aliphatic carbocycles. The van der Waals surface area contributed by atoms with Crippen molar-refractivity contribution in [2.45, 2.75) is 25.7 Å². The Bertz CT molecular complexity index is 845. The van der Waals surface area contributed by atoms with Gasteiger partial charge in [-0.2, -0.15) is 0 Å². The molecule has 2 fully saturated rings. The largest absolute Gasteiger partial charge is 0.465 e. The fraction of sp³-hybridized carbons (Fsp3) is 0.400. The first-order chi connectivity index (χ1) is 12.6. The van der Waals surface area contributed by atoms with Crippen LogP contribution in [0.2, 0.25) is 0 Å². The van der Waals surface area contributed by atoms with Gasteiger partial charge in [-0.25, -0.2) is 9.18 Å². The van der Waals surface area contributed by atoms with E-state index < -0.39 is 5.97 Å². The second-order valence-corrected chi connectivity index (χ2v) is 8.00. The van der Waals surface area contributed by atoms with Gasteiger partial charge >= 0.3 is 5.97 Å². The van der Waals surface area contributed by atoms with Crippen molar-refractivity contribution in [3.63, 3.8) is 0 Å². The van der Waals surface area contributed by atoms with Gasteiger partial charge in [-0.1, -0.05) is 18.6 Å². The Morgan fingerprint density at radius 1 is 1.19 bits per heavy atom. The van der Waals surface area contributed by atoms with E-state index in [0.717, 1.165) is 19.3 Å². The van der Waals surface area contributed by atoms with Crippen molar-refractivity contribution >= 4 is 28.2 Å². The molecular weight excluding hydrogens is 353 g/mol. The third-order valence-electron chi connectivity index (χ3n) is 5.65. The van der Waals surface area contributed by atoms with Crippen LogP contribution in [-0.2, 0) is 9.53 Å². The van der Waals surface area contributed by atoms with E-state index >= 15 is 0 Å². The SMILES string of the molecule is COC(=O)c1c(-c2ccc(F)cc2)csc1NC(=O)C1CC2CCC1C2. The lowest BCUT2D eigenvalue weighted by molar-refractivity contribution is -0.121. The second kappa shape index (κ2) is 6.83. The number of hydrogen-bond donors (Lipinski definition) is 1. The third-order valence-corrected chi connectivity index (χ3v) is 6.54. The number of fused-ring (bicyclic) bond motifs is 2. The number of esters is 1. The molecule has 4 rings (SSSR count). The maximum atomic E-state index is 13.2. The number of rotatable bonds is 4. The molecule has 1 heterocycles. The second-order valence-electron chi connectivity index (χ2n) is 7.12. The van der Waals surface area contributed by atoms with Crippen molar-refractivity contribution in [3.05, 3.63) is 41.0 Å². The quantitative estimate of drug-likeness (QED) is 0.789. The first-order valence-corrected chi connectivity index (χ1v) is 9.71. The van der Waals surface area contributed by atoms with Crippen molar-refractivity contribution < 1.29 is 18.7 Å². The Labute approximate surface area is 155 Å². The minimum atomic E-state index is -0.506. The number of carbonyl (C=O) groups excluding carboxylic acids is 2. The van der Waals surface area contributed by atoms with Crippen LogP contribution >= 0.6 is 11.3 Å². The molecule has 3 unspecified atom stereocenters. The molecule has 0 spiro atoms. The lowest BCUT2D eigenvalue weighted by atomic mass is 9.88. The fourth-order valence-corrected chi connectivity index (χ4v) is 5.33. The van der Waals surface area contributed by atoms with Crippen LogP contribution < -0.4 is 5.32 Å². The Morgan fingerprint density at radius 3 is 2.58 bits per heavy atom. The summed E-state index contributed by atoms with van der Waals surface area (Å²) >= 11 is 1.30. The lowest BCUT2D eigenvalue weighted by Gasteiger charge is -2.20. The minimum Gasteiger partial charge on any atom is -0.465 e. The third kappa shape index (κ3) is 3.03. The highest BCUT2D eigenvalue weighted by molar-refractivity contribution is 7.15. The highest BCUT2D eigenvalue weighted by Gasteiger charge is 2.43. The first kappa shape index (κ1) is 17.2. The molecule has 4 nitrogen and oxygen atoms in total. The van der Waals surface area contributed by atoms with Crippen LogP contribution in [0, 0.1) is 23.6 Å². The number of amides is 1. The Kier molecular flexibility index (Phi) is 4.53. The van der Waals surface area contributed by atoms with E-state index in [2.05, 4.69) is 5.32 Å². The van der Waals surface area contributed by atoms with Crippen molar-refractivity contribution in [3.8, 4) is 11.1 Å². The van der Waals surface area contributed by atoms with Gasteiger partial charge < -0.3 is 10.1 Å². The molecule has 0 aliphatic heterocycles. The average Bonchev–Trinajstić information content (AvgIpc) is 3.37. The fourth-order valence-electron chi connectivity index (χ4n) is 4.37. The van der Waals surface area contributed by atoms with Gasteiger partial charge in [-0.3, -0.25) is 4.79 Å². The van der Waals surface area contributed by atoms with Crippen molar-refractivity contribution in [2.75, 3.05) is 12.4 Å². The summed E-state index contributed by atoms with van der Waals surface area (Å²) in [5.74, 6) is 0.333. The van der Waals surface area contributed by atoms with Crippen molar-refractivity contribution in [1.82, 2.24) is 0 Å². The average molecular weight is 373 g/mol. The van der Waals surface area contributed by atoms with Crippen LogP contribution in [-0.4, -0.2) is 19.0 Å². The molecule has 0 saturated heterocycles. The van der Waals surface area contributed by atoms with Crippen LogP contribution in [0.5, 0.6) is 0 Å². The molecule has 3 atom stereocenters. The van der Waals surface area contributed by atoms with Gasteiger partial charge in [-0.15, -0.1) is 11.3 Å². The van der Waals surface area contributed by atoms with Gasteiger partial charge in [0.1, 0.15) is 16.4 Å². The van der Waals surface area contributed by atoms with Gasteiger partial charge in [0.2, 0.25) is 5.91 Å². The topological polar surface area (TPSA) is 55.4 Å². The number of thiophene rings is 1. The van der Waals surface area contributed by atoms with E-state index in [1.54, 1.807) is 17.5 Å². The molecule has 26 heavy (non-hydrogen) atoms. The van der Waals surface area contributed by atoms with Crippen molar-refractivity contribution in [2.24, 2.45) is 17.8 Å². The molecule has 1 aromatic carbocycles. The van der Waals surface area contributed by atoms with Crippen LogP contribution in [0.3, 0.4) is 0 Å². The normalized spacial score (nSPS) is 23.8. The predicted octanol–water partition coefficient (Wildman–Crippen LogP) is 4.72. The van der Waals surface area contributed by atoms with Gasteiger partial charge in [0.25, 0.3) is 0 Å². The van der Waals surface area contributed by atoms with E-state index in [1.165, 1.54) is 37.0 Å². The highest BCUT2D eigenvalue weighted by atomic mass is 32.1. The molecule has 136 valence electrons. The minimum absolute atomic E-state index is 0.00476. The number of benzene rings is 1. The summed E-state index contributed by atoms with van der Waals surface area (Å²) in [6, 6.07) is 5.93. The molecule has 2 aromatic rings. The maximum absolute atomic E-state index is 13.2. The molecule has 6 heteroatoms. The zero-order valence-electron chi connectivity index (χ0n) is 14.5. The summed E-state index contributed by atoms with van der Waals surface area (Å²) in [7, 11) is 1.32. The van der Waals surface area contributed by atoms with E-state index in [-0.39, 0.29) is 17.6 Å². The summed E-state index contributed by atoms with van der Waals surface area (Å²) < 4.78 is 18.1. The lowest BCUT2D eigenvalue weighted by Crippen LogP contribution is -2.27. The number of hydrogen-bond acceptors (Lipinski definition) is 4. The maximum Gasteiger partial charge on any atom is 0.341 e. The number of ether oxygens (including phenoxy) is 1. The van der Waals surface area contributed by atoms with Crippen LogP contribution in [0.4, 0.5) is 9.39 Å². The number of methoxy groups -OCH3 is 1. The zero-order valence-corrected chi connectivity index (χ0v) is 15.3.